The highest BCUT2D eigenvalue weighted by Crippen LogP contribution is 2.43. The Morgan fingerprint density at radius 1 is 1.14 bits per heavy atom. The lowest BCUT2D eigenvalue weighted by Crippen LogP contribution is -2.26. The third-order valence-electron chi connectivity index (χ3n) is 6.37. The molecule has 29 heavy (non-hydrogen) atoms. The Kier molecular flexibility index (Phi) is 6.02. The first-order valence-corrected chi connectivity index (χ1v) is 10.3. The molecular weight excluding hydrogens is 362 g/mol. The molecule has 2 aromatic carbocycles. The third-order valence-corrected chi connectivity index (χ3v) is 6.37. The number of fused-ring (bicyclic) bond motifs is 1. The van der Waals surface area contributed by atoms with Crippen LogP contribution in [0.25, 0.3) is 10.9 Å². The number of esters is 1. The second-order valence-electron chi connectivity index (χ2n) is 7.87. The lowest BCUT2D eigenvalue weighted by atomic mass is 9.70. The first kappa shape index (κ1) is 21.0. The Balaban J connectivity index is 2.11. The number of ether oxygens (including phenoxy) is 1. The minimum Gasteiger partial charge on any atom is -0.508 e. The number of aryl methyl sites for hydroxylation is 3. The molecule has 4 nitrogen and oxygen atoms in total. The Hall–Kier alpha value is -2.75. The van der Waals surface area contributed by atoms with Gasteiger partial charge in [0.15, 0.2) is 0 Å². The zero-order valence-electron chi connectivity index (χ0n) is 18.1. The summed E-state index contributed by atoms with van der Waals surface area (Å²) in [4.78, 5) is 11.5. The molecule has 3 aromatic rings. The van der Waals surface area contributed by atoms with Crippen LogP contribution in [0.3, 0.4) is 0 Å². The molecule has 0 atom stereocenters. The zero-order valence-corrected chi connectivity index (χ0v) is 18.1. The van der Waals surface area contributed by atoms with Crippen molar-refractivity contribution in [1.82, 2.24) is 4.57 Å². The van der Waals surface area contributed by atoms with Gasteiger partial charge in [-0.1, -0.05) is 38.1 Å². The summed E-state index contributed by atoms with van der Waals surface area (Å²) in [7, 11) is 3.50. The van der Waals surface area contributed by atoms with Crippen LogP contribution in [0.2, 0.25) is 0 Å². The highest BCUT2D eigenvalue weighted by molar-refractivity contribution is 5.86. The highest BCUT2D eigenvalue weighted by Gasteiger charge is 2.33. The van der Waals surface area contributed by atoms with Gasteiger partial charge in [-0.3, -0.25) is 4.79 Å². The smallest absolute Gasteiger partial charge is 0.305 e. The molecule has 0 aliphatic carbocycles. The molecule has 3 rings (SSSR count). The van der Waals surface area contributed by atoms with Crippen LogP contribution in [0.15, 0.2) is 42.6 Å². The summed E-state index contributed by atoms with van der Waals surface area (Å²) in [5.74, 6) is 0.152. The number of benzene rings is 2. The molecule has 0 saturated heterocycles. The van der Waals surface area contributed by atoms with E-state index in [9.17, 15) is 9.90 Å². The number of hydrogen-bond acceptors (Lipinski definition) is 3. The normalized spacial score (nSPS) is 11.8. The van der Waals surface area contributed by atoms with Crippen molar-refractivity contribution in [2.45, 2.75) is 51.9 Å². The second-order valence-corrected chi connectivity index (χ2v) is 7.87. The second kappa shape index (κ2) is 8.32. The fraction of sp³-hybridized carbons (Fsp3) is 0.400. The van der Waals surface area contributed by atoms with Crippen molar-refractivity contribution in [1.29, 1.82) is 0 Å². The van der Waals surface area contributed by atoms with Gasteiger partial charge < -0.3 is 14.4 Å². The number of phenols is 1. The molecule has 0 unspecified atom stereocenters. The average molecular weight is 394 g/mol. The van der Waals surface area contributed by atoms with Gasteiger partial charge in [-0.2, -0.15) is 0 Å². The predicted octanol–water partition coefficient (Wildman–Crippen LogP) is 5.40. The van der Waals surface area contributed by atoms with Crippen LogP contribution in [0, 0.1) is 6.92 Å². The van der Waals surface area contributed by atoms with E-state index in [-0.39, 0.29) is 11.4 Å². The van der Waals surface area contributed by atoms with Crippen LogP contribution in [0.1, 0.15) is 55.4 Å². The lowest BCUT2D eigenvalue weighted by Gasteiger charge is -2.33. The minimum atomic E-state index is -0.184. The maximum atomic E-state index is 11.5. The molecule has 1 aromatic heterocycles. The van der Waals surface area contributed by atoms with Crippen molar-refractivity contribution < 1.29 is 14.6 Å². The zero-order chi connectivity index (χ0) is 21.2. The fourth-order valence-corrected chi connectivity index (χ4v) is 4.46. The largest absolute Gasteiger partial charge is 0.508 e. The van der Waals surface area contributed by atoms with Crippen LogP contribution < -0.4 is 0 Å². The first-order chi connectivity index (χ1) is 13.9. The van der Waals surface area contributed by atoms with Gasteiger partial charge in [0.25, 0.3) is 0 Å². The van der Waals surface area contributed by atoms with Crippen molar-refractivity contribution in [3.63, 3.8) is 0 Å². The number of phenolic OH excluding ortho intramolecular Hbond substituents is 1. The van der Waals surface area contributed by atoms with Gasteiger partial charge in [-0.25, -0.2) is 0 Å². The number of methoxy groups -OCH3 is 1. The van der Waals surface area contributed by atoms with Gasteiger partial charge in [0.05, 0.1) is 7.11 Å². The third kappa shape index (κ3) is 3.76. The standard InChI is InChI=1S/C25H31NO3/c1-6-25(7-2,19-10-12-23(27)17(3)14-19)21-16-26(4)22-15-18(8-11-20(21)22)9-13-24(28)29-5/h8,10-12,14-16,27H,6-7,9,13H2,1-5H3. The number of aromatic nitrogens is 1. The minimum absolute atomic E-state index is 0.120. The lowest BCUT2D eigenvalue weighted by molar-refractivity contribution is -0.140. The van der Waals surface area contributed by atoms with E-state index in [4.69, 9.17) is 4.74 Å². The summed E-state index contributed by atoms with van der Waals surface area (Å²) < 4.78 is 6.95. The molecular formula is C25H31NO3. The molecule has 154 valence electrons. The summed E-state index contributed by atoms with van der Waals surface area (Å²) in [6.45, 7) is 6.41. The van der Waals surface area contributed by atoms with E-state index >= 15 is 0 Å². The van der Waals surface area contributed by atoms with Gasteiger partial charge in [0.1, 0.15) is 5.75 Å². The van der Waals surface area contributed by atoms with Crippen LogP contribution >= 0.6 is 0 Å². The summed E-state index contributed by atoms with van der Waals surface area (Å²) in [6, 6.07) is 12.5. The van der Waals surface area contributed by atoms with E-state index in [2.05, 4.69) is 62.0 Å². The number of carbonyl (C=O) groups excluding carboxylic acids is 1. The maximum Gasteiger partial charge on any atom is 0.305 e. The maximum absolute atomic E-state index is 11.5. The average Bonchev–Trinajstić information content (AvgIpc) is 3.06. The Labute approximate surface area is 173 Å². The van der Waals surface area contributed by atoms with Crippen molar-refractivity contribution >= 4 is 16.9 Å². The topological polar surface area (TPSA) is 51.5 Å². The molecule has 0 bridgehead atoms. The van der Waals surface area contributed by atoms with Crippen LogP contribution in [0.5, 0.6) is 5.75 Å². The number of carbonyl (C=O) groups is 1. The summed E-state index contributed by atoms with van der Waals surface area (Å²) in [6.07, 6.45) is 5.24. The van der Waals surface area contributed by atoms with Crippen LogP contribution in [-0.2, 0) is 28.4 Å². The Bertz CT molecular complexity index is 1030. The first-order valence-electron chi connectivity index (χ1n) is 10.3. The van der Waals surface area contributed by atoms with Gasteiger partial charge in [0.2, 0.25) is 0 Å². The molecule has 0 aliphatic rings. The molecule has 0 saturated carbocycles. The SMILES string of the molecule is CCC(CC)(c1ccc(O)c(C)c1)c1cn(C)c2cc(CCC(=O)OC)ccc12. The van der Waals surface area contributed by atoms with E-state index < -0.39 is 0 Å². The monoisotopic (exact) mass is 393 g/mol. The molecule has 0 aliphatic heterocycles. The van der Waals surface area contributed by atoms with Crippen LogP contribution in [-0.4, -0.2) is 22.8 Å². The van der Waals surface area contributed by atoms with E-state index in [1.54, 1.807) is 6.07 Å². The molecule has 0 amide bonds. The van der Waals surface area contributed by atoms with Crippen molar-refractivity contribution in [2.24, 2.45) is 7.05 Å². The number of nitrogens with zero attached hydrogens (tertiary/aromatic N) is 1. The van der Waals surface area contributed by atoms with E-state index in [0.717, 1.165) is 24.0 Å². The molecule has 0 fully saturated rings. The Morgan fingerprint density at radius 3 is 2.48 bits per heavy atom. The summed E-state index contributed by atoms with van der Waals surface area (Å²) in [5, 5.41) is 11.2. The van der Waals surface area contributed by atoms with Gasteiger partial charge in [0, 0.05) is 36.0 Å². The van der Waals surface area contributed by atoms with E-state index in [0.29, 0.717) is 18.6 Å². The van der Waals surface area contributed by atoms with E-state index in [1.807, 2.05) is 6.92 Å². The predicted molar refractivity (Wildman–Crippen MR) is 117 cm³/mol. The van der Waals surface area contributed by atoms with Crippen molar-refractivity contribution in [3.05, 3.63) is 64.8 Å². The number of rotatable bonds is 7. The highest BCUT2D eigenvalue weighted by atomic mass is 16.5. The summed E-state index contributed by atoms with van der Waals surface area (Å²) in [5.41, 5.74) is 5.63. The molecule has 0 radical (unpaired) electrons. The van der Waals surface area contributed by atoms with E-state index in [1.165, 1.54) is 29.1 Å². The van der Waals surface area contributed by atoms with Crippen LogP contribution in [0.4, 0.5) is 0 Å². The fourth-order valence-electron chi connectivity index (χ4n) is 4.46. The number of aromatic hydroxyl groups is 1. The van der Waals surface area contributed by atoms with Gasteiger partial charge >= 0.3 is 5.97 Å². The quantitative estimate of drug-likeness (QED) is 0.547. The molecule has 0 spiro atoms. The number of hydrogen-bond donors (Lipinski definition) is 1. The van der Waals surface area contributed by atoms with Gasteiger partial charge in [-0.05, 0) is 60.6 Å². The summed E-state index contributed by atoms with van der Waals surface area (Å²) >= 11 is 0. The van der Waals surface area contributed by atoms with Crippen molar-refractivity contribution in [2.75, 3.05) is 7.11 Å². The van der Waals surface area contributed by atoms with Gasteiger partial charge in [-0.15, -0.1) is 0 Å². The Morgan fingerprint density at radius 2 is 1.86 bits per heavy atom. The molecule has 1 N–H and O–H groups in total. The van der Waals surface area contributed by atoms with Crippen molar-refractivity contribution in [3.8, 4) is 5.75 Å². The molecule has 4 heteroatoms. The molecule has 1 heterocycles.